The summed E-state index contributed by atoms with van der Waals surface area (Å²) in [7, 11) is 0. The van der Waals surface area contributed by atoms with Gasteiger partial charge in [0.2, 0.25) is 5.91 Å². The van der Waals surface area contributed by atoms with Crippen molar-refractivity contribution in [2.75, 3.05) is 6.26 Å². The molecule has 0 bridgehead atoms. The summed E-state index contributed by atoms with van der Waals surface area (Å²) in [6.45, 7) is 5.07. The normalized spacial score (nSPS) is 24.7. The Kier molecular flexibility index (Phi) is 4.20. The summed E-state index contributed by atoms with van der Waals surface area (Å²) in [4.78, 5) is 25.9. The van der Waals surface area contributed by atoms with Crippen molar-refractivity contribution < 1.29 is 14.3 Å². The van der Waals surface area contributed by atoms with Crippen molar-refractivity contribution in [3.63, 3.8) is 0 Å². The smallest absolute Gasteiger partial charge is 0.222 e. The van der Waals surface area contributed by atoms with Crippen LogP contribution in [0.15, 0.2) is 29.2 Å². The second-order valence-electron chi connectivity index (χ2n) is 5.27. The minimum Gasteiger partial charge on any atom is -0.346 e. The molecule has 5 heteroatoms. The van der Waals surface area contributed by atoms with Gasteiger partial charge in [-0.25, -0.2) is 0 Å². The fourth-order valence-corrected chi connectivity index (χ4v) is 3.12. The van der Waals surface area contributed by atoms with E-state index in [1.165, 1.54) is 11.8 Å². The minimum absolute atomic E-state index is 0.157. The monoisotopic (exact) mass is 293 g/mol. The van der Waals surface area contributed by atoms with E-state index >= 15 is 0 Å². The molecule has 0 aliphatic carbocycles. The van der Waals surface area contributed by atoms with Crippen molar-refractivity contribution in [1.29, 1.82) is 0 Å². The summed E-state index contributed by atoms with van der Waals surface area (Å²) >= 11 is 1.66. The van der Waals surface area contributed by atoms with Crippen LogP contribution in [0.5, 0.6) is 0 Å². The molecule has 1 heterocycles. The van der Waals surface area contributed by atoms with Gasteiger partial charge < -0.3 is 14.4 Å². The molecular formula is C15H19NO3S. The first-order chi connectivity index (χ1) is 9.40. The second kappa shape index (κ2) is 5.58. The van der Waals surface area contributed by atoms with Gasteiger partial charge in [0.15, 0.2) is 0 Å². The minimum atomic E-state index is -0.778. The third-order valence-corrected chi connectivity index (χ3v) is 4.27. The quantitative estimate of drug-likeness (QED) is 0.635. The highest BCUT2D eigenvalue weighted by atomic mass is 32.2. The molecule has 0 unspecified atom stereocenters. The van der Waals surface area contributed by atoms with Crippen LogP contribution in [0.2, 0.25) is 0 Å². The van der Waals surface area contributed by atoms with E-state index in [4.69, 9.17) is 4.74 Å². The number of carbonyl (C=O) groups is 2. The average Bonchev–Trinajstić information content (AvgIpc) is 2.69. The topological polar surface area (TPSA) is 46.6 Å². The number of benzene rings is 1. The molecule has 0 N–H and O–H groups in total. The molecule has 1 aromatic rings. The molecule has 4 nitrogen and oxygen atoms in total. The molecule has 2 atom stereocenters. The zero-order valence-electron chi connectivity index (χ0n) is 12.1. The zero-order chi connectivity index (χ0) is 14.9. The Morgan fingerprint density at radius 3 is 2.40 bits per heavy atom. The maximum Gasteiger partial charge on any atom is 0.222 e. The van der Waals surface area contributed by atoms with Gasteiger partial charge in [0, 0.05) is 11.8 Å². The number of nitrogens with zero attached hydrogens (tertiary/aromatic N) is 1. The van der Waals surface area contributed by atoms with Crippen molar-refractivity contribution >= 4 is 24.0 Å². The van der Waals surface area contributed by atoms with Crippen LogP contribution < -0.4 is 0 Å². The van der Waals surface area contributed by atoms with E-state index in [-0.39, 0.29) is 5.91 Å². The first-order valence-electron chi connectivity index (χ1n) is 6.47. The van der Waals surface area contributed by atoms with Gasteiger partial charge in [-0.1, -0.05) is 12.1 Å². The largest absolute Gasteiger partial charge is 0.346 e. The fraction of sp³-hybridized carbons (Fsp3) is 0.467. The third-order valence-electron chi connectivity index (χ3n) is 3.53. The fourth-order valence-electron chi connectivity index (χ4n) is 2.71. The highest BCUT2D eigenvalue weighted by molar-refractivity contribution is 7.98. The highest BCUT2D eigenvalue weighted by Gasteiger charge is 2.49. The Morgan fingerprint density at radius 1 is 1.35 bits per heavy atom. The van der Waals surface area contributed by atoms with E-state index in [9.17, 15) is 9.59 Å². The molecule has 0 radical (unpaired) electrons. The molecule has 1 saturated heterocycles. The van der Waals surface area contributed by atoms with E-state index in [0.717, 1.165) is 16.7 Å². The second-order valence-corrected chi connectivity index (χ2v) is 6.15. The average molecular weight is 293 g/mol. The number of ether oxygens (including phenoxy) is 1. The lowest BCUT2D eigenvalue weighted by Crippen LogP contribution is -2.47. The lowest BCUT2D eigenvalue weighted by molar-refractivity contribution is -0.146. The van der Waals surface area contributed by atoms with Crippen LogP contribution >= 0.6 is 11.8 Å². The molecule has 20 heavy (non-hydrogen) atoms. The Morgan fingerprint density at radius 2 is 1.95 bits per heavy atom. The number of hydrogen-bond donors (Lipinski definition) is 0. The molecule has 0 saturated carbocycles. The first-order valence-corrected chi connectivity index (χ1v) is 7.70. The van der Waals surface area contributed by atoms with Gasteiger partial charge >= 0.3 is 0 Å². The molecule has 1 amide bonds. The third kappa shape index (κ3) is 2.60. The summed E-state index contributed by atoms with van der Waals surface area (Å²) in [6.07, 6.45) is 2.39. The maximum atomic E-state index is 11.8. The van der Waals surface area contributed by atoms with Crippen LogP contribution in [0.3, 0.4) is 0 Å². The molecule has 108 valence electrons. The Labute approximate surface area is 123 Å². The van der Waals surface area contributed by atoms with Gasteiger partial charge in [-0.2, -0.15) is 0 Å². The summed E-state index contributed by atoms with van der Waals surface area (Å²) in [5.74, 6) is -0.157. The number of thioether (sulfide) groups is 1. The Bertz CT molecular complexity index is 512. The summed E-state index contributed by atoms with van der Waals surface area (Å²) < 4.78 is 5.95. The highest BCUT2D eigenvalue weighted by Crippen LogP contribution is 2.40. The van der Waals surface area contributed by atoms with Crippen molar-refractivity contribution in [3.8, 4) is 0 Å². The van der Waals surface area contributed by atoms with Crippen molar-refractivity contribution in [1.82, 2.24) is 4.90 Å². The van der Waals surface area contributed by atoms with Crippen LogP contribution in [0.4, 0.5) is 0 Å². The predicted molar refractivity (Wildman–Crippen MR) is 78.5 cm³/mol. The van der Waals surface area contributed by atoms with Crippen LogP contribution in [-0.2, 0) is 14.3 Å². The number of amides is 1. The number of aldehydes is 1. The molecule has 1 aliphatic rings. The van der Waals surface area contributed by atoms with E-state index in [0.29, 0.717) is 0 Å². The summed E-state index contributed by atoms with van der Waals surface area (Å²) in [5, 5.41) is 0. The van der Waals surface area contributed by atoms with Crippen LogP contribution in [0.1, 0.15) is 32.4 Å². The maximum absolute atomic E-state index is 11.8. The van der Waals surface area contributed by atoms with E-state index in [1.54, 1.807) is 25.6 Å². The zero-order valence-corrected chi connectivity index (χ0v) is 12.9. The number of hydrogen-bond acceptors (Lipinski definition) is 4. The molecule has 1 fully saturated rings. The predicted octanol–water partition coefficient (Wildman–Crippen LogP) is 2.63. The molecular weight excluding hydrogens is 274 g/mol. The molecule has 2 rings (SSSR count). The lowest BCUT2D eigenvalue weighted by Gasteiger charge is -2.30. The lowest BCUT2D eigenvalue weighted by atomic mass is 10.0. The van der Waals surface area contributed by atoms with E-state index in [1.807, 2.05) is 30.5 Å². The van der Waals surface area contributed by atoms with Gasteiger partial charge in [0.1, 0.15) is 24.2 Å². The molecule has 1 aromatic carbocycles. The first kappa shape index (κ1) is 15.1. The van der Waals surface area contributed by atoms with Gasteiger partial charge in [-0.3, -0.25) is 4.79 Å². The SMILES string of the molecule is CSc1ccc([C@@H]2OC(C)(C)N(C(C)=O)[C@H]2C=O)cc1. The van der Waals surface area contributed by atoms with Gasteiger partial charge in [-0.15, -0.1) is 11.8 Å². The Balaban J connectivity index is 2.36. The summed E-state index contributed by atoms with van der Waals surface area (Å²) in [6, 6.07) is 7.31. The van der Waals surface area contributed by atoms with Crippen LogP contribution in [-0.4, -0.2) is 35.1 Å². The number of rotatable bonds is 3. The van der Waals surface area contributed by atoms with Gasteiger partial charge in [0.25, 0.3) is 0 Å². The Hall–Kier alpha value is -1.33. The van der Waals surface area contributed by atoms with Crippen molar-refractivity contribution in [3.05, 3.63) is 29.8 Å². The van der Waals surface area contributed by atoms with Crippen LogP contribution in [0.25, 0.3) is 0 Å². The van der Waals surface area contributed by atoms with Gasteiger partial charge in [-0.05, 0) is 37.8 Å². The van der Waals surface area contributed by atoms with Crippen LogP contribution in [0, 0.1) is 0 Å². The summed E-state index contributed by atoms with van der Waals surface area (Å²) in [5.41, 5.74) is 0.136. The van der Waals surface area contributed by atoms with E-state index < -0.39 is 17.9 Å². The van der Waals surface area contributed by atoms with Gasteiger partial charge in [0.05, 0.1) is 0 Å². The number of carbonyl (C=O) groups excluding carboxylic acids is 2. The molecule has 0 spiro atoms. The standard InChI is InChI=1S/C15H19NO3S/c1-10(18)16-13(9-17)14(19-15(16,2)3)11-5-7-12(20-4)8-6-11/h5-9,13-14H,1-4H3/t13-,14-/m0/s1. The van der Waals surface area contributed by atoms with Crippen molar-refractivity contribution in [2.24, 2.45) is 0 Å². The van der Waals surface area contributed by atoms with Crippen molar-refractivity contribution in [2.45, 2.75) is 43.5 Å². The molecule has 1 aliphatic heterocycles. The van der Waals surface area contributed by atoms with E-state index in [2.05, 4.69) is 0 Å². The molecule has 0 aromatic heterocycles.